The van der Waals surface area contributed by atoms with Gasteiger partial charge in [-0.05, 0) is 50.2 Å². The van der Waals surface area contributed by atoms with Gasteiger partial charge in [0.15, 0.2) is 10.9 Å². The average molecular weight is 433 g/mol. The highest BCUT2D eigenvalue weighted by Crippen LogP contribution is 2.36. The number of benzene rings is 1. The van der Waals surface area contributed by atoms with E-state index in [1.54, 1.807) is 6.92 Å². The van der Waals surface area contributed by atoms with Crippen molar-refractivity contribution in [2.24, 2.45) is 0 Å². The second kappa shape index (κ2) is 8.90. The normalized spacial score (nSPS) is 10.5. The van der Waals surface area contributed by atoms with Crippen LogP contribution in [0.3, 0.4) is 0 Å². The van der Waals surface area contributed by atoms with E-state index in [1.165, 1.54) is 23.5 Å². The molecule has 0 unspecified atom stereocenters. The van der Waals surface area contributed by atoms with Crippen molar-refractivity contribution < 1.29 is 14.6 Å². The van der Waals surface area contributed by atoms with Crippen molar-refractivity contribution in [1.29, 1.82) is 0 Å². The molecule has 9 heteroatoms. The lowest BCUT2D eigenvalue weighted by Crippen LogP contribution is -2.20. The van der Waals surface area contributed by atoms with E-state index in [-0.39, 0.29) is 26.9 Å². The van der Waals surface area contributed by atoms with Crippen molar-refractivity contribution in [3.63, 3.8) is 0 Å². The molecular formula is C17H18Cl2N2O3S2. The molecule has 0 saturated heterocycles. The number of carbonyl (C=O) groups is 1. The third-order valence-electron chi connectivity index (χ3n) is 3.54. The van der Waals surface area contributed by atoms with Crippen molar-refractivity contribution >= 4 is 68.5 Å². The van der Waals surface area contributed by atoms with Crippen LogP contribution in [0.4, 0.5) is 10.7 Å². The van der Waals surface area contributed by atoms with Crippen LogP contribution in [-0.4, -0.2) is 22.8 Å². The summed E-state index contributed by atoms with van der Waals surface area (Å²) in [7, 11) is 0. The van der Waals surface area contributed by atoms with E-state index >= 15 is 0 Å². The summed E-state index contributed by atoms with van der Waals surface area (Å²) in [5, 5.41) is 16.7. The number of rotatable bonds is 5. The van der Waals surface area contributed by atoms with Crippen LogP contribution in [0.25, 0.3) is 0 Å². The molecule has 1 heterocycles. The number of aromatic hydroxyl groups is 1. The number of hydrogen-bond acceptors (Lipinski definition) is 5. The molecule has 0 aliphatic heterocycles. The van der Waals surface area contributed by atoms with E-state index in [4.69, 9.17) is 40.2 Å². The van der Waals surface area contributed by atoms with Gasteiger partial charge in [0.25, 0.3) is 0 Å². The van der Waals surface area contributed by atoms with Gasteiger partial charge in [0.05, 0.1) is 22.2 Å². The fourth-order valence-electron chi connectivity index (χ4n) is 2.41. The van der Waals surface area contributed by atoms with Crippen molar-refractivity contribution in [2.75, 3.05) is 17.2 Å². The van der Waals surface area contributed by atoms with Crippen LogP contribution in [0.2, 0.25) is 10.0 Å². The Labute approximate surface area is 171 Å². The molecule has 2 rings (SSSR count). The second-order valence-electron chi connectivity index (χ2n) is 5.28. The van der Waals surface area contributed by atoms with E-state index in [0.29, 0.717) is 29.3 Å². The third-order valence-corrected chi connectivity index (χ3v) is 5.39. The molecule has 140 valence electrons. The minimum Gasteiger partial charge on any atom is -0.505 e. The summed E-state index contributed by atoms with van der Waals surface area (Å²) in [5.74, 6) is -0.571. The minimum absolute atomic E-state index is 0.107. The van der Waals surface area contributed by atoms with Crippen molar-refractivity contribution in [3.05, 3.63) is 38.2 Å². The largest absolute Gasteiger partial charge is 0.505 e. The SMILES string of the molecule is CCOC(=O)c1c(NC(=S)Nc2cc(Cl)c(O)c(Cl)c2)sc(C)c1CC. The van der Waals surface area contributed by atoms with Gasteiger partial charge in [0, 0.05) is 10.6 Å². The lowest BCUT2D eigenvalue weighted by molar-refractivity contribution is 0.0527. The maximum atomic E-state index is 12.3. The highest BCUT2D eigenvalue weighted by Gasteiger charge is 2.23. The molecule has 2 aromatic rings. The Morgan fingerprint density at radius 1 is 1.27 bits per heavy atom. The Kier molecular flexibility index (Phi) is 7.11. The van der Waals surface area contributed by atoms with Crippen molar-refractivity contribution in [1.82, 2.24) is 0 Å². The molecule has 5 nitrogen and oxygen atoms in total. The Hall–Kier alpha value is -1.54. The van der Waals surface area contributed by atoms with Gasteiger partial charge in [0.1, 0.15) is 5.00 Å². The molecule has 0 spiro atoms. The maximum Gasteiger partial charge on any atom is 0.341 e. The molecule has 1 aromatic carbocycles. The maximum absolute atomic E-state index is 12.3. The monoisotopic (exact) mass is 432 g/mol. The van der Waals surface area contributed by atoms with Gasteiger partial charge in [-0.3, -0.25) is 0 Å². The number of halogens is 2. The molecule has 0 amide bonds. The number of thiocarbonyl (C=S) groups is 1. The predicted molar refractivity (Wildman–Crippen MR) is 112 cm³/mol. The third kappa shape index (κ3) is 4.59. The summed E-state index contributed by atoms with van der Waals surface area (Å²) in [4.78, 5) is 13.4. The number of aryl methyl sites for hydroxylation is 1. The molecule has 0 saturated carbocycles. The van der Waals surface area contributed by atoms with Gasteiger partial charge in [-0.15, -0.1) is 11.3 Å². The summed E-state index contributed by atoms with van der Waals surface area (Å²) in [6.07, 6.45) is 0.710. The first-order valence-electron chi connectivity index (χ1n) is 7.83. The number of nitrogens with one attached hydrogen (secondary N) is 2. The smallest absolute Gasteiger partial charge is 0.341 e. The number of phenols is 1. The summed E-state index contributed by atoms with van der Waals surface area (Å²) in [5.41, 5.74) is 1.95. The molecule has 0 fully saturated rings. The number of carbonyl (C=O) groups excluding carboxylic acids is 1. The number of anilines is 2. The van der Waals surface area contributed by atoms with Gasteiger partial charge in [-0.1, -0.05) is 30.1 Å². The number of thiophene rings is 1. The number of esters is 1. The summed E-state index contributed by atoms with van der Waals surface area (Å²) in [6, 6.07) is 3.00. The fourth-order valence-corrected chi connectivity index (χ4v) is 4.32. The number of ether oxygens (including phenoxy) is 1. The molecule has 26 heavy (non-hydrogen) atoms. The van der Waals surface area contributed by atoms with E-state index in [0.717, 1.165) is 10.4 Å². The number of phenolic OH excluding ortho intramolecular Hbond substituents is 1. The van der Waals surface area contributed by atoms with Gasteiger partial charge >= 0.3 is 5.97 Å². The lowest BCUT2D eigenvalue weighted by Gasteiger charge is -2.12. The first kappa shape index (κ1) is 20.8. The quantitative estimate of drug-likeness (QED) is 0.323. The second-order valence-corrected chi connectivity index (χ2v) is 7.73. The molecule has 0 atom stereocenters. The Morgan fingerprint density at radius 2 is 1.88 bits per heavy atom. The van der Waals surface area contributed by atoms with E-state index in [1.807, 2.05) is 13.8 Å². The molecule has 3 N–H and O–H groups in total. The van der Waals surface area contributed by atoms with Crippen molar-refractivity contribution in [3.8, 4) is 5.75 Å². The van der Waals surface area contributed by atoms with Crippen LogP contribution >= 0.6 is 46.8 Å². The Morgan fingerprint density at radius 3 is 2.42 bits per heavy atom. The fraction of sp³-hybridized carbons (Fsp3) is 0.294. The molecule has 0 aliphatic carbocycles. The van der Waals surface area contributed by atoms with E-state index in [9.17, 15) is 9.90 Å². The highest BCUT2D eigenvalue weighted by molar-refractivity contribution is 7.80. The van der Waals surface area contributed by atoms with E-state index < -0.39 is 0 Å². The van der Waals surface area contributed by atoms with Crippen LogP contribution < -0.4 is 10.6 Å². The zero-order valence-corrected chi connectivity index (χ0v) is 17.5. The standard InChI is InChI=1S/C17H18Cl2N2O3S2/c1-4-10-8(3)26-15(13(10)16(23)24-5-2)21-17(25)20-9-6-11(18)14(22)12(19)7-9/h6-7,22H,4-5H2,1-3H3,(H2,20,21,25). The molecular weight excluding hydrogens is 415 g/mol. The van der Waals surface area contributed by atoms with Gasteiger partial charge in [-0.2, -0.15) is 0 Å². The van der Waals surface area contributed by atoms with Crippen LogP contribution in [-0.2, 0) is 11.2 Å². The number of hydrogen-bond donors (Lipinski definition) is 3. The van der Waals surface area contributed by atoms with E-state index in [2.05, 4.69) is 10.6 Å². The van der Waals surface area contributed by atoms with Crippen LogP contribution in [0.15, 0.2) is 12.1 Å². The summed E-state index contributed by atoms with van der Waals surface area (Å²) >= 11 is 18.6. The highest BCUT2D eigenvalue weighted by atomic mass is 35.5. The first-order chi connectivity index (χ1) is 12.3. The minimum atomic E-state index is -0.380. The average Bonchev–Trinajstić information content (AvgIpc) is 2.87. The van der Waals surface area contributed by atoms with Gasteiger partial charge in [0.2, 0.25) is 0 Å². The topological polar surface area (TPSA) is 70.6 Å². The van der Waals surface area contributed by atoms with Crippen LogP contribution in [0.5, 0.6) is 5.75 Å². The predicted octanol–water partition coefficient (Wildman–Crippen LogP) is 5.62. The zero-order chi connectivity index (χ0) is 19.4. The zero-order valence-electron chi connectivity index (χ0n) is 14.4. The molecule has 0 aliphatic rings. The van der Waals surface area contributed by atoms with Gasteiger partial charge < -0.3 is 20.5 Å². The summed E-state index contributed by atoms with van der Waals surface area (Å²) in [6.45, 7) is 6.00. The summed E-state index contributed by atoms with van der Waals surface area (Å²) < 4.78 is 5.17. The molecule has 0 radical (unpaired) electrons. The molecule has 1 aromatic heterocycles. The van der Waals surface area contributed by atoms with Crippen molar-refractivity contribution in [2.45, 2.75) is 27.2 Å². The lowest BCUT2D eigenvalue weighted by atomic mass is 10.1. The van der Waals surface area contributed by atoms with Gasteiger partial charge in [-0.25, -0.2) is 4.79 Å². The van der Waals surface area contributed by atoms with Crippen LogP contribution in [0, 0.1) is 6.92 Å². The Balaban J connectivity index is 2.25. The van der Waals surface area contributed by atoms with Crippen LogP contribution in [0.1, 0.15) is 34.6 Å². The Bertz CT molecular complexity index is 830. The molecule has 0 bridgehead atoms. The first-order valence-corrected chi connectivity index (χ1v) is 9.81.